The van der Waals surface area contributed by atoms with Crippen molar-refractivity contribution in [1.29, 1.82) is 0 Å². The molecule has 4 saturated heterocycles. The predicted molar refractivity (Wildman–Crippen MR) is 364 cm³/mol. The summed E-state index contributed by atoms with van der Waals surface area (Å²) in [6.45, 7) is 13.7. The Morgan fingerprint density at radius 3 is 1.42 bits per heavy atom. The number of nitrogens with two attached hydrogens (primary N) is 1. The molecule has 0 atom stereocenters. The van der Waals surface area contributed by atoms with Crippen LogP contribution in [0.15, 0.2) is 97.8 Å². The van der Waals surface area contributed by atoms with E-state index in [1.165, 1.54) is 75.8 Å². The number of nitrogens with zero attached hydrogens (tertiary/aromatic N) is 14. The van der Waals surface area contributed by atoms with Gasteiger partial charge in [0.05, 0.1) is 71.6 Å². The first-order valence-electron chi connectivity index (χ1n) is 30.0. The van der Waals surface area contributed by atoms with Gasteiger partial charge in [0.1, 0.15) is 21.5 Å². The van der Waals surface area contributed by atoms with Crippen LogP contribution in [0.25, 0.3) is 22.1 Å². The molecule has 4 aromatic heterocycles. The van der Waals surface area contributed by atoms with Crippen LogP contribution in [0.2, 0.25) is 15.3 Å². The van der Waals surface area contributed by atoms with Gasteiger partial charge in [-0.25, -0.2) is 26.8 Å². The highest BCUT2D eigenvalue weighted by Crippen LogP contribution is 2.37. The van der Waals surface area contributed by atoms with Crippen LogP contribution in [0.3, 0.4) is 0 Å². The van der Waals surface area contributed by atoms with Crippen molar-refractivity contribution in [2.45, 2.75) is 49.3 Å². The number of piperidine rings is 2. The van der Waals surface area contributed by atoms with E-state index >= 15 is 0 Å². The SMILES string of the molecule is COc1cc(N2CCC(N3CCN(C)CC3)CC2)ccc1N.COc1cc(N2CCC(N3CCN(C)CC3)CC2)ccc1Nc1ncc(Cl)c(Nc2ccc3nccnc3c2CS(C)(=O)=O)n1.CS(=O)(=O)Cc1c(Nc2nc(Cl)ncc2Cl)ccc2nccnc12. The highest BCUT2D eigenvalue weighted by molar-refractivity contribution is 7.90. The smallest absolute Gasteiger partial charge is 0.229 e. The van der Waals surface area contributed by atoms with Gasteiger partial charge in [-0.1, -0.05) is 23.2 Å². The van der Waals surface area contributed by atoms with Crippen molar-refractivity contribution in [2.24, 2.45) is 0 Å². The quantitative estimate of drug-likeness (QED) is 0.0519. The summed E-state index contributed by atoms with van der Waals surface area (Å²) in [7, 11) is 1.05. The van der Waals surface area contributed by atoms with Crippen molar-refractivity contribution in [3.8, 4) is 11.5 Å². The topological polar surface area (TPSA) is 271 Å². The number of halogens is 3. The van der Waals surface area contributed by atoms with Crippen LogP contribution in [-0.4, -0.2) is 208 Å². The first kappa shape index (κ1) is 66.6. The summed E-state index contributed by atoms with van der Waals surface area (Å²) < 4.78 is 59.3. The highest BCUT2D eigenvalue weighted by Gasteiger charge is 2.29. The van der Waals surface area contributed by atoms with E-state index in [1.54, 1.807) is 50.9 Å². The van der Waals surface area contributed by atoms with Gasteiger partial charge in [0, 0.05) is 174 Å². The van der Waals surface area contributed by atoms with Crippen molar-refractivity contribution < 1.29 is 26.3 Å². The van der Waals surface area contributed by atoms with E-state index < -0.39 is 19.7 Å². The summed E-state index contributed by atoms with van der Waals surface area (Å²) in [6.07, 6.45) is 16.1. The number of piperazine rings is 2. The Labute approximate surface area is 546 Å². The molecule has 484 valence electrons. The molecule has 4 aromatic carbocycles. The maximum absolute atomic E-state index is 12.3. The number of rotatable bonds is 16. The number of benzene rings is 4. The predicted octanol–water partition coefficient (Wildman–Crippen LogP) is 8.84. The third kappa shape index (κ3) is 17.7. The minimum absolute atomic E-state index is 0.0205. The zero-order valence-corrected chi connectivity index (χ0v) is 55.8. The zero-order chi connectivity index (χ0) is 64.4. The molecule has 0 unspecified atom stereocenters. The number of anilines is 9. The van der Waals surface area contributed by atoms with Crippen molar-refractivity contribution in [1.82, 2.24) is 59.5 Å². The Morgan fingerprint density at radius 1 is 0.516 bits per heavy atom. The van der Waals surface area contributed by atoms with E-state index in [0.717, 1.165) is 88.9 Å². The van der Waals surface area contributed by atoms with Crippen LogP contribution >= 0.6 is 34.8 Å². The lowest BCUT2D eigenvalue weighted by Crippen LogP contribution is -2.52. The van der Waals surface area contributed by atoms with Gasteiger partial charge in [-0.15, -0.1) is 0 Å². The molecule has 12 rings (SSSR count). The molecular formula is C62H77Cl3N18O6S2. The Bertz CT molecular complexity index is 4060. The molecule has 91 heavy (non-hydrogen) atoms. The summed E-state index contributed by atoms with van der Waals surface area (Å²) in [5, 5.41) is 9.98. The highest BCUT2D eigenvalue weighted by atomic mass is 35.5. The lowest BCUT2D eigenvalue weighted by molar-refractivity contribution is 0.0982. The molecule has 0 radical (unpaired) electrons. The monoisotopic (exact) mass is 1340 g/mol. The van der Waals surface area contributed by atoms with Crippen LogP contribution in [0.5, 0.6) is 11.5 Å². The van der Waals surface area contributed by atoms with E-state index in [9.17, 15) is 16.8 Å². The number of hydrogen-bond donors (Lipinski definition) is 4. The van der Waals surface area contributed by atoms with Crippen molar-refractivity contribution in [2.75, 3.05) is 151 Å². The van der Waals surface area contributed by atoms with Crippen LogP contribution in [-0.2, 0) is 31.2 Å². The molecular weight excluding hydrogens is 1260 g/mol. The third-order valence-electron chi connectivity index (χ3n) is 16.7. The molecule has 4 aliphatic rings. The fraction of sp³-hybridized carbons (Fsp3) is 0.419. The third-order valence-corrected chi connectivity index (χ3v) is 19.0. The number of nitrogens with one attached hydrogen (secondary N) is 3. The minimum Gasteiger partial charge on any atom is -0.495 e. The van der Waals surface area contributed by atoms with Gasteiger partial charge in [-0.05, 0) is 99.9 Å². The summed E-state index contributed by atoms with van der Waals surface area (Å²) >= 11 is 18.3. The van der Waals surface area contributed by atoms with Gasteiger partial charge >= 0.3 is 0 Å². The van der Waals surface area contributed by atoms with Crippen molar-refractivity contribution >= 4 is 128 Å². The average molecular weight is 1340 g/mol. The van der Waals surface area contributed by atoms with Crippen LogP contribution < -0.4 is 41.0 Å². The van der Waals surface area contributed by atoms with Crippen molar-refractivity contribution in [3.05, 3.63) is 124 Å². The molecule has 8 heterocycles. The van der Waals surface area contributed by atoms with E-state index in [1.807, 2.05) is 18.2 Å². The average Bonchev–Trinajstić information content (AvgIpc) is 1.17. The second-order valence-electron chi connectivity index (χ2n) is 23.2. The first-order chi connectivity index (χ1) is 43.7. The normalized spacial score (nSPS) is 16.8. The number of ether oxygens (including phenoxy) is 2. The zero-order valence-electron chi connectivity index (χ0n) is 51.9. The van der Waals surface area contributed by atoms with Gasteiger partial charge in [0.2, 0.25) is 11.2 Å². The second kappa shape index (κ2) is 30.0. The van der Waals surface area contributed by atoms with E-state index in [-0.39, 0.29) is 32.7 Å². The molecule has 5 N–H and O–H groups in total. The van der Waals surface area contributed by atoms with Crippen LogP contribution in [0.4, 0.5) is 51.7 Å². The summed E-state index contributed by atoms with van der Waals surface area (Å²) in [4.78, 5) is 48.9. The molecule has 8 aromatic rings. The van der Waals surface area contributed by atoms with Gasteiger partial charge in [0.25, 0.3) is 0 Å². The maximum Gasteiger partial charge on any atom is 0.229 e. The lowest BCUT2D eigenvalue weighted by atomic mass is 10.0. The Kier molecular flexibility index (Phi) is 22.0. The number of hydrogen-bond acceptors (Lipinski definition) is 24. The molecule has 4 aliphatic heterocycles. The lowest BCUT2D eigenvalue weighted by Gasteiger charge is -2.42. The van der Waals surface area contributed by atoms with E-state index in [2.05, 4.69) is 118 Å². The molecule has 0 spiro atoms. The number of fused-ring (bicyclic) bond motifs is 2. The first-order valence-corrected chi connectivity index (χ1v) is 35.2. The molecule has 0 aliphatic carbocycles. The molecule has 4 fully saturated rings. The number of aromatic nitrogens is 8. The number of sulfone groups is 2. The maximum atomic E-state index is 12.3. The van der Waals surface area contributed by atoms with Gasteiger partial charge in [-0.3, -0.25) is 29.7 Å². The Morgan fingerprint density at radius 2 is 0.945 bits per heavy atom. The fourth-order valence-electron chi connectivity index (χ4n) is 11.8. The Hall–Kier alpha value is -7.27. The standard InChI is InChI=1S/C31H38ClN9O3S.C17H28N4O.C14H11Cl2N5O2S/c1-39-14-16-41(17-15-39)21-8-12-40(13-9-21)22-4-5-26(28(18-22)44-2)37-31-35-19-24(32)30(38-31)36-25-6-7-27-29(34-11-10-33-27)23(25)20-45(3,42)43;1-19-9-11-21(12-10-19)14-5-7-20(8-6-14)15-3-4-16(18)17(13-15)22-2;1-24(22,23)7-8-10(2-3-11-12(8)18-5-4-17-11)20-13-9(15)6-19-14(16)21-13/h4-7,10-11,18-19,21H,8-9,12-17,20H2,1-3H3,(H2,35,36,37,38);3-4,13-14H,5-12,18H2,1-2H3;2-6H,7H2,1H3,(H,19,20,21). The van der Waals surface area contributed by atoms with Gasteiger partial charge in [0.15, 0.2) is 31.3 Å². The van der Waals surface area contributed by atoms with E-state index in [0.29, 0.717) is 79.5 Å². The molecule has 24 nitrogen and oxygen atoms in total. The minimum atomic E-state index is -3.38. The van der Waals surface area contributed by atoms with Crippen molar-refractivity contribution in [3.63, 3.8) is 0 Å². The molecule has 0 bridgehead atoms. The largest absolute Gasteiger partial charge is 0.495 e. The second-order valence-corrected chi connectivity index (χ2v) is 28.6. The molecule has 0 saturated carbocycles. The van der Waals surface area contributed by atoms with Gasteiger partial charge in [-0.2, -0.15) is 9.97 Å². The molecule has 29 heteroatoms. The summed E-state index contributed by atoms with van der Waals surface area (Å²) in [6, 6.07) is 20.6. The van der Waals surface area contributed by atoms with Gasteiger partial charge < -0.3 is 50.8 Å². The van der Waals surface area contributed by atoms with Crippen LogP contribution in [0, 0.1) is 0 Å². The number of methoxy groups -OCH3 is 2. The fourth-order valence-corrected chi connectivity index (χ4v) is 13.8. The summed E-state index contributed by atoms with van der Waals surface area (Å²) in [5.41, 5.74) is 13.8. The summed E-state index contributed by atoms with van der Waals surface area (Å²) in [5.74, 6) is 1.90. The number of nitrogen functional groups attached to an aromatic ring is 1. The number of likely N-dealkylation sites (N-methyl/N-ethyl adjacent to an activating group) is 2. The van der Waals surface area contributed by atoms with E-state index in [4.69, 9.17) is 50.0 Å². The molecule has 0 amide bonds. The Balaban J connectivity index is 0.000000166. The van der Waals surface area contributed by atoms with Crippen LogP contribution in [0.1, 0.15) is 36.8 Å².